The van der Waals surface area contributed by atoms with Gasteiger partial charge in [-0.15, -0.1) is 0 Å². The van der Waals surface area contributed by atoms with Gasteiger partial charge in [-0.1, -0.05) is 78.9 Å². The molecule has 10 atom stereocenters. The summed E-state index contributed by atoms with van der Waals surface area (Å²) in [5, 5.41) is 90.7. The van der Waals surface area contributed by atoms with E-state index in [1.165, 1.54) is 43.8 Å². The lowest BCUT2D eigenvalue weighted by atomic mass is 9.99. The number of benzene rings is 5. The van der Waals surface area contributed by atoms with E-state index in [0.29, 0.717) is 95.0 Å². The number of para-hydroxylation sites is 4. The zero-order chi connectivity index (χ0) is 90.4. The van der Waals surface area contributed by atoms with E-state index < -0.39 is 34.4 Å². The quantitative estimate of drug-likeness (QED) is 0.0552. The van der Waals surface area contributed by atoms with Crippen LogP contribution in [0.5, 0.6) is 5.88 Å². The number of amides is 4. The van der Waals surface area contributed by atoms with Crippen LogP contribution < -0.4 is 15.6 Å². The van der Waals surface area contributed by atoms with Gasteiger partial charge in [-0.3, -0.25) is 23.4 Å². The van der Waals surface area contributed by atoms with E-state index in [1.807, 2.05) is 118 Å². The number of carboxylic acids is 1. The average molecular weight is 1740 g/mol. The first-order valence-electron chi connectivity index (χ1n) is 41.3. The Bertz CT molecular complexity index is 5600. The van der Waals surface area contributed by atoms with Crippen molar-refractivity contribution in [2.75, 3.05) is 39.0 Å². The molecule has 5 aliphatic rings. The number of piperidine rings is 5. The molecule has 11 aromatic rings. The number of rotatable bonds is 14. The second-order valence-corrected chi connectivity index (χ2v) is 32.4. The smallest absolute Gasteiger partial charge is 0.410 e. The summed E-state index contributed by atoms with van der Waals surface area (Å²) >= 11 is 0. The number of nitrogens with zero attached hydrogens (tertiary/aromatic N) is 19. The number of aliphatic hydroxyl groups excluding tert-OH is 3. The molecule has 0 radical (unpaired) electrons. The van der Waals surface area contributed by atoms with E-state index >= 15 is 0 Å². The zero-order valence-corrected chi connectivity index (χ0v) is 72.1. The molecule has 126 heavy (non-hydrogen) atoms. The molecule has 0 bridgehead atoms. The van der Waals surface area contributed by atoms with E-state index in [0.717, 1.165) is 75.3 Å². The van der Waals surface area contributed by atoms with Crippen molar-refractivity contribution in [3.05, 3.63) is 262 Å². The highest BCUT2D eigenvalue weighted by Crippen LogP contribution is 2.30. The highest BCUT2D eigenvalue weighted by Gasteiger charge is 2.36. The molecular weight excluding hydrogens is 1640 g/mol. The summed E-state index contributed by atoms with van der Waals surface area (Å²) in [6.45, 7) is 16.2. The Kier molecular flexibility index (Phi) is 34.8. The van der Waals surface area contributed by atoms with Crippen LogP contribution in [0.4, 0.5) is 4.79 Å². The molecule has 0 aliphatic carbocycles. The maximum atomic E-state index is 13.4. The Morgan fingerprint density at radius 1 is 0.460 bits per heavy atom. The van der Waals surface area contributed by atoms with Gasteiger partial charge in [0.25, 0.3) is 33.4 Å². The van der Waals surface area contributed by atoms with Gasteiger partial charge in [-0.25, -0.2) is 14.6 Å². The zero-order valence-electron chi connectivity index (χ0n) is 71.3. The fraction of sp³-hybridized carbons (Fsp3) is 0.382. The maximum absolute atomic E-state index is 13.4. The number of likely N-dealkylation sites (tertiary alicyclic amines) is 4. The number of H-pyrrole nitrogens is 1. The lowest BCUT2D eigenvalue weighted by Gasteiger charge is -2.38. The molecule has 5 saturated heterocycles. The largest absolute Gasteiger partial charge is 0.478 e. The van der Waals surface area contributed by atoms with E-state index in [2.05, 4.69) is 69.1 Å². The number of pyridine rings is 2. The average Bonchev–Trinajstić information content (AvgIpc) is 1.21. The molecule has 0 saturated carbocycles. The predicted octanol–water partition coefficient (Wildman–Crippen LogP) is 9.21. The van der Waals surface area contributed by atoms with Crippen molar-refractivity contribution in [2.45, 2.75) is 180 Å². The van der Waals surface area contributed by atoms with Crippen LogP contribution in [-0.2, 0) is 25.6 Å². The highest BCUT2D eigenvalue weighted by molar-refractivity contribution is 7.86. The normalized spacial score (nSPS) is 20.1. The van der Waals surface area contributed by atoms with Crippen molar-refractivity contribution >= 4 is 39.9 Å². The Hall–Kier alpha value is -13.6. The predicted molar refractivity (Wildman–Crippen MR) is 463 cm³/mol. The van der Waals surface area contributed by atoms with Crippen LogP contribution in [-0.4, -0.2) is 248 Å². The Labute approximate surface area is 729 Å². The summed E-state index contributed by atoms with van der Waals surface area (Å²) in [6.07, 6.45) is 22.6. The number of aromatic carboxylic acids is 1. The summed E-state index contributed by atoms with van der Waals surface area (Å²) in [6, 6.07) is 46.2. The summed E-state index contributed by atoms with van der Waals surface area (Å²) in [7, 11) is -3.56. The van der Waals surface area contributed by atoms with Gasteiger partial charge in [0.2, 0.25) is 5.88 Å². The summed E-state index contributed by atoms with van der Waals surface area (Å²) in [4.78, 5) is 91.9. The minimum absolute atomic E-state index is 0.00875. The van der Waals surface area contributed by atoms with Crippen LogP contribution in [0.2, 0.25) is 0 Å². The van der Waals surface area contributed by atoms with Crippen LogP contribution in [0.1, 0.15) is 168 Å². The molecule has 36 nitrogen and oxygen atoms in total. The molecule has 11 heterocycles. The molecule has 16 rings (SSSR count). The lowest BCUT2D eigenvalue weighted by molar-refractivity contribution is 0.0248. The first kappa shape index (κ1) is 94.7. The Morgan fingerprint density at radius 3 is 1.25 bits per heavy atom. The number of aromatic nitrogens is 14. The van der Waals surface area contributed by atoms with Crippen LogP contribution in [0.25, 0.3) is 22.7 Å². The number of nitriles is 2. The SMILES string of the molecule is C[C@@H]1CC[C@H](O)CN1.C[C@@H]1CC[C@H](O)CN1C(=O)OCc1ccccc1.C[C@@H]1CC[C@H](O)CN1C(=O)c1ccccc1-n1nccn1.C[C@@H]1CC[C@H](OS(C)(=O)=O)CN1C(=O)c1ccccc1-n1nccn1.Cc1cc[nH]c(=O)c1C#N.Cc1ccnc(O[C@@H]2CC[C@@H](C)N(C(=O)c3ccccc3-n3nccn3)C2)c1C#N.O=C(O)c1ccccc1-n1nccn1. The fourth-order valence-electron chi connectivity index (χ4n) is 14.4. The number of aliphatic hydroxyl groups is 3. The molecule has 37 heteroatoms. The monoisotopic (exact) mass is 1740 g/mol. The number of carbonyl (C=O) groups is 5. The van der Waals surface area contributed by atoms with Crippen molar-refractivity contribution < 1.29 is 66.5 Å². The van der Waals surface area contributed by atoms with Gasteiger partial charge >= 0.3 is 12.1 Å². The van der Waals surface area contributed by atoms with Gasteiger partial charge in [0.15, 0.2) is 0 Å². The van der Waals surface area contributed by atoms with Crippen molar-refractivity contribution in [3.8, 4) is 40.8 Å². The van der Waals surface area contributed by atoms with Gasteiger partial charge in [-0.05, 0) is 190 Å². The molecule has 6 aromatic heterocycles. The second kappa shape index (κ2) is 46.2. The standard InChI is InChI=1S/C22H22N6O2.C16H20N4O4S.C15H18N4O2.C14H19NO3.C9H7N3O2.C7H6N2O.C6H13NO/c1-15-9-10-24-21(19(15)13-23)30-17-8-7-16(2)27(14-17)22(29)18-5-3-4-6-20(18)28-25-11-12-26-28;1-12-7-8-13(24-25(2,22)23)11-19(12)16(21)14-5-3-4-6-15(14)20-17-9-10-18-20;1-11-6-7-12(20)10-18(11)15(21)13-4-2-3-5-14(13)19-16-8-9-17-19;1-11-7-8-13(16)9-15(11)14(17)18-10-12-5-3-2-4-6-12;13-9(14)7-3-1-2-4-8(7)12-10-5-6-11-12;1-5-2-3-9-7(10)6(5)4-8;1-5-2-3-6(8)4-7-5/h3-6,9-12,16-17H,7-8,14H2,1-2H3;3-6,9-10,12-13H,7-8,11H2,1-2H3;2-5,8-9,11-12,20H,6-7,10H2,1H3;2-6,11,13,16H,7-10H2,1H3;1-6H,(H,13,14);2-3H,1H3,(H,9,10);5-8H,2-4H2,1H3/t16-,17-;12-,13+;11-,12+;11-,13+;;;5-,6+/m1111..1/s1. The number of β-amino-alcohol motifs (C(OH)–C–C–N with tert-alkyl or cyclic N) is 3. The number of hydrogen-bond donors (Lipinski definition) is 6. The minimum atomic E-state index is -3.56. The molecule has 0 unspecified atom stereocenters. The van der Waals surface area contributed by atoms with Gasteiger partial charge in [-0.2, -0.15) is 78.9 Å². The molecule has 662 valence electrons. The number of ether oxygens (including phenoxy) is 2. The molecule has 5 fully saturated rings. The summed E-state index contributed by atoms with van der Waals surface area (Å²) in [5.74, 6) is -1.04. The van der Waals surface area contributed by atoms with Crippen LogP contribution in [0, 0.1) is 36.5 Å². The number of aryl methyl sites for hydroxylation is 2. The maximum Gasteiger partial charge on any atom is 0.410 e. The molecule has 5 aromatic carbocycles. The number of carboxylic acid groups (broad SMARTS) is 1. The van der Waals surface area contributed by atoms with Gasteiger partial charge < -0.3 is 59.8 Å². The first-order valence-corrected chi connectivity index (χ1v) is 43.1. The molecular formula is C89H105N21O15S. The van der Waals surface area contributed by atoms with Crippen LogP contribution in [0.3, 0.4) is 0 Å². The number of nitrogens with one attached hydrogen (secondary N) is 2. The van der Waals surface area contributed by atoms with E-state index in [1.54, 1.807) is 126 Å². The number of hydrogen-bond acceptors (Lipinski definition) is 26. The van der Waals surface area contributed by atoms with Crippen LogP contribution in [0.15, 0.2) is 206 Å². The summed E-state index contributed by atoms with van der Waals surface area (Å²) in [5.41, 5.74) is 6.88. The van der Waals surface area contributed by atoms with Crippen molar-refractivity contribution in [2.24, 2.45) is 0 Å². The topological polar surface area (TPSA) is 469 Å². The van der Waals surface area contributed by atoms with Crippen LogP contribution >= 0.6 is 0 Å². The van der Waals surface area contributed by atoms with Gasteiger partial charge in [0.1, 0.15) is 41.7 Å². The molecule has 5 aliphatic heterocycles. The third kappa shape index (κ3) is 26.7. The van der Waals surface area contributed by atoms with Crippen molar-refractivity contribution in [3.63, 3.8) is 0 Å². The first-order chi connectivity index (χ1) is 60.6. The molecule has 0 spiro atoms. The van der Waals surface area contributed by atoms with Crippen molar-refractivity contribution in [1.82, 2.24) is 94.9 Å². The lowest BCUT2D eigenvalue weighted by Crippen LogP contribution is -2.49. The third-order valence-electron chi connectivity index (χ3n) is 21.4. The molecule has 6 N–H and O–H groups in total. The van der Waals surface area contributed by atoms with E-state index in [9.17, 15) is 52.7 Å². The minimum Gasteiger partial charge on any atom is -0.478 e. The van der Waals surface area contributed by atoms with E-state index in [-0.39, 0.29) is 90.0 Å². The van der Waals surface area contributed by atoms with Gasteiger partial charge in [0, 0.05) is 62.2 Å². The fourth-order valence-corrected chi connectivity index (χ4v) is 15.1. The Morgan fingerprint density at radius 2 is 0.841 bits per heavy atom. The molecule has 4 amide bonds. The van der Waals surface area contributed by atoms with Gasteiger partial charge in [0.05, 0.1) is 133 Å². The third-order valence-corrected chi connectivity index (χ3v) is 22.1. The second-order valence-electron chi connectivity index (χ2n) is 30.8. The number of carbonyl (C=O) groups excluding carboxylic acids is 4. The number of aromatic amines is 1. The van der Waals surface area contributed by atoms with Crippen molar-refractivity contribution in [1.29, 1.82) is 10.5 Å². The highest BCUT2D eigenvalue weighted by atomic mass is 32.2. The summed E-state index contributed by atoms with van der Waals surface area (Å²) < 4.78 is 39.2. The Balaban J connectivity index is 0.000000159. The van der Waals surface area contributed by atoms with E-state index in [4.69, 9.17) is 29.1 Å².